The Hall–Kier alpha value is -3.06. The van der Waals surface area contributed by atoms with Gasteiger partial charge in [-0.1, -0.05) is 18.2 Å². The van der Waals surface area contributed by atoms with Gasteiger partial charge < -0.3 is 19.8 Å². The first-order valence-electron chi connectivity index (χ1n) is 9.76. The van der Waals surface area contributed by atoms with Crippen molar-refractivity contribution in [3.63, 3.8) is 0 Å². The average Bonchev–Trinajstić information content (AvgIpc) is 3.44. The Balaban J connectivity index is 1.51. The van der Waals surface area contributed by atoms with Gasteiger partial charge >= 0.3 is 0 Å². The van der Waals surface area contributed by atoms with E-state index in [1.54, 1.807) is 32.0 Å². The van der Waals surface area contributed by atoms with E-state index in [1.165, 1.54) is 0 Å². The number of para-hydroxylation sites is 1. The van der Waals surface area contributed by atoms with E-state index in [1.807, 2.05) is 30.3 Å². The molecule has 0 spiro atoms. The van der Waals surface area contributed by atoms with Crippen LogP contribution in [0.25, 0.3) is 21.9 Å². The first kappa shape index (κ1) is 19.3. The van der Waals surface area contributed by atoms with E-state index in [2.05, 4.69) is 10.6 Å². The maximum absolute atomic E-state index is 12.8. The molecule has 2 amide bonds. The highest BCUT2D eigenvalue weighted by Gasteiger charge is 2.26. The maximum Gasteiger partial charge on any atom is 0.241 e. The molecule has 0 radical (unpaired) electrons. The second-order valence-electron chi connectivity index (χ2n) is 7.57. The molecule has 3 aromatic rings. The minimum Gasteiger partial charge on any atom is -0.495 e. The summed E-state index contributed by atoms with van der Waals surface area (Å²) in [4.78, 5) is 26.5. The van der Waals surface area contributed by atoms with Crippen molar-refractivity contribution in [3.8, 4) is 5.75 Å². The predicted molar refractivity (Wildman–Crippen MR) is 112 cm³/mol. The van der Waals surface area contributed by atoms with Crippen LogP contribution in [0.5, 0.6) is 5.75 Å². The molecule has 7 nitrogen and oxygen atoms in total. The van der Waals surface area contributed by atoms with Crippen LogP contribution in [0.3, 0.4) is 0 Å². The number of hydrogen-bond acceptors (Lipinski definition) is 5. The molecule has 7 heteroatoms. The molecule has 1 aliphatic carbocycles. The molecule has 0 aliphatic heterocycles. The number of carbonyl (C=O) groups is 2. The van der Waals surface area contributed by atoms with Gasteiger partial charge in [0.1, 0.15) is 16.9 Å². The molecule has 2 aromatic carbocycles. The molecule has 1 saturated carbocycles. The number of nitrogens with one attached hydrogen (secondary N) is 2. The zero-order chi connectivity index (χ0) is 20.5. The number of furan rings is 1. The zero-order valence-electron chi connectivity index (χ0n) is 16.8. The molecule has 152 valence electrons. The quantitative estimate of drug-likeness (QED) is 0.642. The van der Waals surface area contributed by atoms with E-state index in [4.69, 9.17) is 9.15 Å². The van der Waals surface area contributed by atoms with Crippen LogP contribution in [-0.2, 0) is 9.59 Å². The molecule has 1 fully saturated rings. The summed E-state index contributed by atoms with van der Waals surface area (Å²) in [7, 11) is 3.33. The smallest absolute Gasteiger partial charge is 0.241 e. The third kappa shape index (κ3) is 4.05. The Morgan fingerprint density at radius 2 is 1.97 bits per heavy atom. The van der Waals surface area contributed by atoms with Gasteiger partial charge in [-0.3, -0.25) is 14.5 Å². The molecule has 1 aliphatic rings. The Labute approximate surface area is 169 Å². The maximum atomic E-state index is 12.8. The van der Waals surface area contributed by atoms with E-state index >= 15 is 0 Å². The fourth-order valence-corrected chi connectivity index (χ4v) is 3.32. The number of carbonyl (C=O) groups excluding carboxylic acids is 2. The molecule has 0 bridgehead atoms. The lowest BCUT2D eigenvalue weighted by molar-refractivity contribution is -0.124. The Bertz CT molecular complexity index is 1070. The van der Waals surface area contributed by atoms with Crippen molar-refractivity contribution < 1.29 is 18.7 Å². The summed E-state index contributed by atoms with van der Waals surface area (Å²) in [5.74, 6) is 0.273. The minimum atomic E-state index is -0.490. The molecule has 4 rings (SSSR count). The number of fused-ring (bicyclic) bond motifs is 3. The predicted octanol–water partition coefficient (Wildman–Crippen LogP) is 3.13. The molecule has 1 atom stereocenters. The number of benzene rings is 2. The Kier molecular flexibility index (Phi) is 5.15. The van der Waals surface area contributed by atoms with Crippen LogP contribution in [0.15, 0.2) is 40.8 Å². The largest absolute Gasteiger partial charge is 0.495 e. The van der Waals surface area contributed by atoms with E-state index < -0.39 is 6.04 Å². The lowest BCUT2D eigenvalue weighted by Gasteiger charge is -2.23. The average molecular weight is 395 g/mol. The van der Waals surface area contributed by atoms with Crippen LogP contribution in [0, 0.1) is 0 Å². The fraction of sp³-hybridized carbons (Fsp3) is 0.364. The lowest BCUT2D eigenvalue weighted by atomic mass is 10.1. The molecule has 2 N–H and O–H groups in total. The summed E-state index contributed by atoms with van der Waals surface area (Å²) in [6.07, 6.45) is 2.07. The molecule has 0 unspecified atom stereocenters. The zero-order valence-corrected chi connectivity index (χ0v) is 16.8. The van der Waals surface area contributed by atoms with Gasteiger partial charge in [-0.25, -0.2) is 0 Å². The van der Waals surface area contributed by atoms with Crippen LogP contribution in [0.4, 0.5) is 5.69 Å². The number of rotatable bonds is 7. The molecule has 29 heavy (non-hydrogen) atoms. The number of anilines is 1. The topological polar surface area (TPSA) is 83.8 Å². The molecular weight excluding hydrogens is 370 g/mol. The van der Waals surface area contributed by atoms with Gasteiger partial charge in [0.2, 0.25) is 11.8 Å². The Morgan fingerprint density at radius 3 is 2.69 bits per heavy atom. The number of nitrogens with zero attached hydrogens (tertiary/aromatic N) is 1. The van der Waals surface area contributed by atoms with Gasteiger partial charge in [-0.15, -0.1) is 0 Å². The monoisotopic (exact) mass is 395 g/mol. The Morgan fingerprint density at radius 1 is 1.21 bits per heavy atom. The summed E-state index contributed by atoms with van der Waals surface area (Å²) in [5, 5.41) is 7.76. The highest BCUT2D eigenvalue weighted by molar-refractivity contribution is 6.08. The number of ether oxygens (including phenoxy) is 1. The van der Waals surface area contributed by atoms with Gasteiger partial charge in [0.15, 0.2) is 0 Å². The van der Waals surface area contributed by atoms with Crippen LogP contribution < -0.4 is 15.4 Å². The summed E-state index contributed by atoms with van der Waals surface area (Å²) in [6.45, 7) is 1.94. The summed E-state index contributed by atoms with van der Waals surface area (Å²) in [6, 6.07) is 11.2. The molecule has 0 saturated heterocycles. The van der Waals surface area contributed by atoms with Crippen LogP contribution >= 0.6 is 0 Å². The van der Waals surface area contributed by atoms with Crippen LogP contribution in [0.2, 0.25) is 0 Å². The molecule has 1 heterocycles. The first-order chi connectivity index (χ1) is 14.0. The molecule has 1 aromatic heterocycles. The van der Waals surface area contributed by atoms with Crippen molar-refractivity contribution in [1.82, 2.24) is 10.2 Å². The summed E-state index contributed by atoms with van der Waals surface area (Å²) in [5.41, 5.74) is 1.99. The van der Waals surface area contributed by atoms with Crippen molar-refractivity contribution in [2.45, 2.75) is 31.8 Å². The second kappa shape index (κ2) is 7.75. The van der Waals surface area contributed by atoms with Gasteiger partial charge in [0, 0.05) is 22.9 Å². The third-order valence-electron chi connectivity index (χ3n) is 5.33. The number of amides is 2. The highest BCUT2D eigenvalue weighted by Crippen LogP contribution is 2.36. The van der Waals surface area contributed by atoms with Gasteiger partial charge in [0.25, 0.3) is 0 Å². The summed E-state index contributed by atoms with van der Waals surface area (Å²) < 4.78 is 11.4. The van der Waals surface area contributed by atoms with Crippen molar-refractivity contribution in [3.05, 3.63) is 36.4 Å². The number of hydrogen-bond donors (Lipinski definition) is 2. The normalized spacial score (nSPS) is 14.9. The van der Waals surface area contributed by atoms with Crippen molar-refractivity contribution in [2.24, 2.45) is 0 Å². The number of likely N-dealkylation sites (N-methyl/N-ethyl adjacent to an activating group) is 1. The van der Waals surface area contributed by atoms with Gasteiger partial charge in [-0.2, -0.15) is 0 Å². The van der Waals surface area contributed by atoms with Crippen molar-refractivity contribution in [1.29, 1.82) is 0 Å². The first-order valence-corrected chi connectivity index (χ1v) is 9.76. The van der Waals surface area contributed by atoms with E-state index in [0.29, 0.717) is 23.1 Å². The van der Waals surface area contributed by atoms with Gasteiger partial charge in [0.05, 0.1) is 25.4 Å². The van der Waals surface area contributed by atoms with E-state index in [0.717, 1.165) is 29.2 Å². The van der Waals surface area contributed by atoms with Crippen molar-refractivity contribution in [2.75, 3.05) is 26.0 Å². The van der Waals surface area contributed by atoms with E-state index in [-0.39, 0.29) is 18.4 Å². The summed E-state index contributed by atoms with van der Waals surface area (Å²) >= 11 is 0. The lowest BCUT2D eigenvalue weighted by Crippen LogP contribution is -2.45. The standard InChI is InChI=1S/C22H25N3O4/c1-13(25(2)12-21(26)23-14-8-9-14)22(27)24-17-11-19-16(10-20(17)28-3)15-6-4-5-7-18(15)29-19/h4-7,10-11,13-14H,8-9,12H2,1-3H3,(H,23,26)(H,24,27)/t13-/m1/s1. The van der Waals surface area contributed by atoms with Gasteiger partial charge in [-0.05, 0) is 38.9 Å². The molecular formula is C22H25N3O4. The van der Waals surface area contributed by atoms with Crippen LogP contribution in [-0.4, -0.2) is 49.5 Å². The minimum absolute atomic E-state index is 0.0593. The van der Waals surface area contributed by atoms with E-state index in [9.17, 15) is 9.59 Å². The SMILES string of the molecule is COc1cc2c(cc1NC(=O)[C@@H](C)N(C)CC(=O)NC1CC1)oc1ccccc12. The van der Waals surface area contributed by atoms with Crippen molar-refractivity contribution >= 4 is 39.4 Å². The third-order valence-corrected chi connectivity index (χ3v) is 5.33. The highest BCUT2D eigenvalue weighted by atomic mass is 16.5. The fourth-order valence-electron chi connectivity index (χ4n) is 3.32. The van der Waals surface area contributed by atoms with Crippen LogP contribution in [0.1, 0.15) is 19.8 Å². The number of methoxy groups -OCH3 is 1. The second-order valence-corrected chi connectivity index (χ2v) is 7.57.